The van der Waals surface area contributed by atoms with Gasteiger partial charge in [0.2, 0.25) is 0 Å². The van der Waals surface area contributed by atoms with E-state index < -0.39 is 0 Å². The van der Waals surface area contributed by atoms with E-state index in [0.717, 1.165) is 0 Å². The number of nitrogens with zero attached hydrogens (tertiary/aromatic N) is 1. The Balaban J connectivity index is 0. The van der Waals surface area contributed by atoms with Crippen LogP contribution in [0, 0.1) is 10.2 Å². The van der Waals surface area contributed by atoms with Crippen LogP contribution in [-0.4, -0.2) is 51.4 Å². The Morgan fingerprint density at radius 1 is 1.80 bits per heavy atom. The molecule has 0 bridgehead atoms. The fourth-order valence-electron chi connectivity index (χ4n) is 0. The summed E-state index contributed by atoms with van der Waals surface area (Å²) in [4.78, 5) is 1.93. The molecule has 0 saturated heterocycles. The van der Waals surface area contributed by atoms with Gasteiger partial charge in [-0.2, -0.15) is 0 Å². The van der Waals surface area contributed by atoms with E-state index in [-0.39, 0.29) is 51.4 Å². The Bertz CT molecular complexity index is 39.4. The van der Waals surface area contributed by atoms with Crippen LogP contribution in [0.15, 0.2) is 0 Å². The SMILES string of the molecule is [CH3][Fe][C]#N.[KH]. The van der Waals surface area contributed by atoms with Crippen LogP contribution < -0.4 is 0 Å². The van der Waals surface area contributed by atoms with Gasteiger partial charge in [-0.1, -0.05) is 0 Å². The minimum absolute atomic E-state index is 0. The standard InChI is InChI=1S/CN.CH3.Fe.K.H/c1-2;;;;/h;1H3;;;. The third-order valence-electron chi connectivity index (χ3n) is 0.0791. The zero-order chi connectivity index (χ0) is 3.41. The molecular weight excluding hydrogens is 133 g/mol. The summed E-state index contributed by atoms with van der Waals surface area (Å²) in [6, 6.07) is 0. The topological polar surface area (TPSA) is 23.8 Å². The van der Waals surface area contributed by atoms with Crippen molar-refractivity contribution in [2.24, 2.45) is 0 Å². The third-order valence-corrected chi connectivity index (χ3v) is 0.326. The van der Waals surface area contributed by atoms with Gasteiger partial charge in [0.25, 0.3) is 0 Å². The molecule has 0 aromatic heterocycles. The average Bonchev–Trinajstić information content (AvgIpc) is 1.37. The van der Waals surface area contributed by atoms with E-state index in [9.17, 15) is 0 Å². The molecule has 0 aromatic rings. The zero-order valence-electron chi connectivity index (χ0n) is 2.30. The van der Waals surface area contributed by atoms with Gasteiger partial charge in [-0.25, -0.2) is 0 Å². The first-order valence-corrected chi connectivity index (χ1v) is 2.41. The van der Waals surface area contributed by atoms with Crippen molar-refractivity contribution in [3.63, 3.8) is 0 Å². The first kappa shape index (κ1) is 9.81. The molecule has 0 N–H and O–H groups in total. The molecule has 0 aliphatic rings. The van der Waals surface area contributed by atoms with Gasteiger partial charge in [0.15, 0.2) is 0 Å². The van der Waals surface area contributed by atoms with Crippen LogP contribution in [0.1, 0.15) is 0 Å². The van der Waals surface area contributed by atoms with Crippen molar-refractivity contribution < 1.29 is 15.0 Å². The van der Waals surface area contributed by atoms with E-state index in [1.54, 1.807) is 0 Å². The van der Waals surface area contributed by atoms with Crippen molar-refractivity contribution >= 4 is 51.4 Å². The predicted octanol–water partition coefficient (Wildman–Crippen LogP) is -0.0504. The van der Waals surface area contributed by atoms with Crippen LogP contribution in [0.25, 0.3) is 0 Å². The van der Waals surface area contributed by atoms with E-state index in [1.807, 2.05) is 10.8 Å². The van der Waals surface area contributed by atoms with E-state index in [1.165, 1.54) is 0 Å². The summed E-state index contributed by atoms with van der Waals surface area (Å²) in [5.74, 6) is 1.82. The summed E-state index contributed by atoms with van der Waals surface area (Å²) in [7, 11) is 0. The molecule has 0 radical (unpaired) electrons. The van der Waals surface area contributed by atoms with Gasteiger partial charge in [0.05, 0.1) is 0 Å². The Hall–Kier alpha value is 1.65. The number of nitriles is 1. The van der Waals surface area contributed by atoms with Crippen LogP contribution in [0.2, 0.25) is 5.82 Å². The third kappa shape index (κ3) is 10.7. The van der Waals surface area contributed by atoms with Crippen molar-refractivity contribution in [2.45, 2.75) is 5.82 Å². The van der Waals surface area contributed by atoms with E-state index >= 15 is 0 Å². The first-order valence-electron chi connectivity index (χ1n) is 0.754. The number of hydrogen-bond donors (Lipinski definition) is 0. The predicted molar refractivity (Wildman–Crippen MR) is 18.6 cm³/mol. The van der Waals surface area contributed by atoms with E-state index in [2.05, 4.69) is 0 Å². The molecule has 0 aliphatic heterocycles. The van der Waals surface area contributed by atoms with Crippen LogP contribution >= 0.6 is 0 Å². The molecule has 3 heteroatoms. The first-order chi connectivity index (χ1) is 1.91. The summed E-state index contributed by atoms with van der Waals surface area (Å²) in [6.07, 6.45) is 0. The van der Waals surface area contributed by atoms with Crippen molar-refractivity contribution in [2.75, 3.05) is 0 Å². The molecule has 0 spiro atoms. The summed E-state index contributed by atoms with van der Waals surface area (Å²) >= 11 is 0.625. The van der Waals surface area contributed by atoms with Gasteiger partial charge in [0.1, 0.15) is 0 Å². The molecule has 0 rings (SSSR count). The normalized spacial score (nSPS) is 4.80. The molecule has 0 heterocycles. The molecule has 1 nitrogen and oxygen atoms in total. The van der Waals surface area contributed by atoms with Gasteiger partial charge in [0, 0.05) is 0 Å². The Kier molecular flexibility index (Phi) is 18.0. The maximum absolute atomic E-state index is 7.62. The average molecular weight is 137 g/mol. The fourth-order valence-corrected chi connectivity index (χ4v) is 0. The second kappa shape index (κ2) is 9.17. The molecule has 26 valence electrons. The second-order valence-corrected chi connectivity index (χ2v) is 1.05. The van der Waals surface area contributed by atoms with Gasteiger partial charge in [-0.05, 0) is 0 Å². The van der Waals surface area contributed by atoms with Crippen molar-refractivity contribution in [3.8, 4) is 4.97 Å². The summed E-state index contributed by atoms with van der Waals surface area (Å²) < 4.78 is 0. The van der Waals surface area contributed by atoms with Crippen LogP contribution in [0.4, 0.5) is 0 Å². The van der Waals surface area contributed by atoms with Crippen molar-refractivity contribution in [3.05, 3.63) is 0 Å². The maximum atomic E-state index is 7.62. The molecule has 0 fully saturated rings. The van der Waals surface area contributed by atoms with E-state index in [4.69, 9.17) is 5.26 Å². The van der Waals surface area contributed by atoms with Crippen LogP contribution in [0.3, 0.4) is 0 Å². The Labute approximate surface area is 80.7 Å². The van der Waals surface area contributed by atoms with Gasteiger partial charge < -0.3 is 0 Å². The minimum atomic E-state index is 0. The summed E-state index contributed by atoms with van der Waals surface area (Å²) in [6.45, 7) is 0. The van der Waals surface area contributed by atoms with Crippen molar-refractivity contribution in [1.29, 1.82) is 5.26 Å². The Morgan fingerprint density at radius 2 is 2.00 bits per heavy atom. The molecule has 0 saturated carbocycles. The van der Waals surface area contributed by atoms with Gasteiger partial charge in [-0.15, -0.1) is 0 Å². The molecule has 0 aliphatic carbocycles. The van der Waals surface area contributed by atoms with Gasteiger partial charge in [-0.3, -0.25) is 0 Å². The molecule has 0 unspecified atom stereocenters. The monoisotopic (exact) mass is 137 g/mol. The van der Waals surface area contributed by atoms with Gasteiger partial charge >= 0.3 is 82.4 Å². The Morgan fingerprint density at radius 3 is 2.00 bits per heavy atom. The molecule has 0 amide bonds. The summed E-state index contributed by atoms with van der Waals surface area (Å²) in [5.41, 5.74) is 0. The molecule has 5 heavy (non-hydrogen) atoms. The van der Waals surface area contributed by atoms with E-state index in [0.29, 0.717) is 15.0 Å². The second-order valence-electron chi connectivity index (χ2n) is 0.256. The zero-order valence-corrected chi connectivity index (χ0v) is 3.40. The molecule has 0 atom stereocenters. The molecule has 0 aromatic carbocycles. The quantitative estimate of drug-likeness (QED) is 0.429. The number of rotatable bonds is 0. The van der Waals surface area contributed by atoms with Crippen molar-refractivity contribution in [1.82, 2.24) is 0 Å². The molecular formula is C2H4FeKN. The fraction of sp³-hybridized carbons (Fsp3) is 0.500. The van der Waals surface area contributed by atoms with Crippen LogP contribution in [0.5, 0.6) is 0 Å². The van der Waals surface area contributed by atoms with Crippen LogP contribution in [-0.2, 0) is 15.0 Å². The number of hydrogen-bond acceptors (Lipinski definition) is 1. The summed E-state index contributed by atoms with van der Waals surface area (Å²) in [5, 5.41) is 7.62.